The van der Waals surface area contributed by atoms with E-state index in [1.165, 1.54) is 19.1 Å². The number of rotatable bonds is 5. The molecule has 0 aliphatic carbocycles. The van der Waals surface area contributed by atoms with Crippen LogP contribution in [0.2, 0.25) is 10.0 Å². The van der Waals surface area contributed by atoms with E-state index < -0.39 is 33.6 Å². The molecule has 1 atom stereocenters. The predicted molar refractivity (Wildman–Crippen MR) is 110 cm³/mol. The molecule has 0 amide bonds. The Balaban J connectivity index is 1.95. The maximum Gasteiger partial charge on any atom is 0.419 e. The zero-order valence-corrected chi connectivity index (χ0v) is 18.4. The van der Waals surface area contributed by atoms with Crippen LogP contribution in [-0.4, -0.2) is 39.6 Å². The molecule has 0 aromatic heterocycles. The van der Waals surface area contributed by atoms with Crippen molar-refractivity contribution < 1.29 is 26.3 Å². The third kappa shape index (κ3) is 5.14. The van der Waals surface area contributed by atoms with Gasteiger partial charge >= 0.3 is 6.18 Å². The van der Waals surface area contributed by atoms with Crippen molar-refractivity contribution in [2.24, 2.45) is 0 Å². The molecule has 1 N–H and O–H groups in total. The van der Waals surface area contributed by atoms with Gasteiger partial charge in [0, 0.05) is 24.2 Å². The number of aryl methyl sites for hydroxylation is 1. The van der Waals surface area contributed by atoms with Gasteiger partial charge in [0.05, 0.1) is 16.3 Å². The van der Waals surface area contributed by atoms with Crippen molar-refractivity contribution in [3.05, 3.63) is 51.5 Å². The van der Waals surface area contributed by atoms with E-state index in [-0.39, 0.29) is 20.6 Å². The van der Waals surface area contributed by atoms with Crippen LogP contribution in [0.4, 0.5) is 18.9 Å². The second-order valence-corrected chi connectivity index (χ2v) is 9.60. The Morgan fingerprint density at radius 2 is 1.90 bits per heavy atom. The van der Waals surface area contributed by atoms with Gasteiger partial charge in [0.1, 0.15) is 16.7 Å². The Hall–Kier alpha value is -1.68. The normalized spacial score (nSPS) is 17.9. The summed E-state index contributed by atoms with van der Waals surface area (Å²) in [6.07, 6.45) is -4.49. The zero-order valence-electron chi connectivity index (χ0n) is 16.1. The highest BCUT2D eigenvalue weighted by molar-refractivity contribution is 7.92. The van der Waals surface area contributed by atoms with Crippen LogP contribution in [-0.2, 0) is 16.2 Å². The molecule has 1 fully saturated rings. The van der Waals surface area contributed by atoms with Crippen LogP contribution >= 0.6 is 23.2 Å². The summed E-state index contributed by atoms with van der Waals surface area (Å²) in [7, 11) is -2.33. The molecule has 1 saturated heterocycles. The zero-order chi connectivity index (χ0) is 22.3. The molecule has 30 heavy (non-hydrogen) atoms. The number of sulfonamides is 1. The number of likely N-dealkylation sites (N-methyl/N-ethyl adjacent to an activating group) is 1. The number of anilines is 1. The summed E-state index contributed by atoms with van der Waals surface area (Å²) in [5.74, 6) is -0.429. The maximum atomic E-state index is 13.4. The monoisotopic (exact) mass is 482 g/mol. The number of likely N-dealkylation sites (tertiary alicyclic amines) is 1. The summed E-state index contributed by atoms with van der Waals surface area (Å²) in [6, 6.07) is 5.58. The van der Waals surface area contributed by atoms with E-state index in [9.17, 15) is 21.6 Å². The number of benzene rings is 2. The smallest absolute Gasteiger partial charge is 0.419 e. The van der Waals surface area contributed by atoms with Gasteiger partial charge in [0.2, 0.25) is 0 Å². The summed E-state index contributed by atoms with van der Waals surface area (Å²) < 4.78 is 73.8. The molecule has 3 rings (SSSR count). The fourth-order valence-corrected chi connectivity index (χ4v) is 5.56. The van der Waals surface area contributed by atoms with Gasteiger partial charge in [0.15, 0.2) is 0 Å². The molecule has 2 aromatic rings. The predicted octanol–water partition coefficient (Wildman–Crippen LogP) is 5.20. The fourth-order valence-electron chi connectivity index (χ4n) is 3.32. The van der Waals surface area contributed by atoms with Gasteiger partial charge in [-0.1, -0.05) is 23.2 Å². The van der Waals surface area contributed by atoms with E-state index in [0.717, 1.165) is 18.2 Å². The lowest BCUT2D eigenvalue weighted by atomic mass is 10.1. The van der Waals surface area contributed by atoms with Crippen molar-refractivity contribution in [1.29, 1.82) is 0 Å². The van der Waals surface area contributed by atoms with E-state index in [1.54, 1.807) is 0 Å². The molecule has 0 unspecified atom stereocenters. The largest absolute Gasteiger partial charge is 0.488 e. The molecule has 1 aliphatic heterocycles. The Bertz CT molecular complexity index is 1040. The molecule has 2 aromatic carbocycles. The van der Waals surface area contributed by atoms with Crippen molar-refractivity contribution in [1.82, 2.24) is 4.90 Å². The molecule has 5 nitrogen and oxygen atoms in total. The van der Waals surface area contributed by atoms with Gasteiger partial charge in [-0.05, 0) is 50.2 Å². The molecule has 0 bridgehead atoms. The Kier molecular flexibility index (Phi) is 6.48. The van der Waals surface area contributed by atoms with E-state index in [2.05, 4.69) is 4.72 Å². The number of nitrogens with one attached hydrogen (secondary N) is 1. The van der Waals surface area contributed by atoms with Crippen LogP contribution in [0.3, 0.4) is 0 Å². The maximum absolute atomic E-state index is 13.4. The summed E-state index contributed by atoms with van der Waals surface area (Å²) in [5, 5.41) is 0.174. The van der Waals surface area contributed by atoms with E-state index in [4.69, 9.17) is 27.9 Å². The summed E-state index contributed by atoms with van der Waals surface area (Å²) in [6.45, 7) is 2.70. The highest BCUT2D eigenvalue weighted by Gasteiger charge is 2.36. The topological polar surface area (TPSA) is 58.6 Å². The summed E-state index contributed by atoms with van der Waals surface area (Å²) in [4.78, 5) is 1.74. The van der Waals surface area contributed by atoms with Crippen LogP contribution in [0.15, 0.2) is 35.2 Å². The lowest BCUT2D eigenvalue weighted by Crippen LogP contribution is -2.23. The Labute approximate surface area is 182 Å². The minimum Gasteiger partial charge on any atom is -0.488 e. The fraction of sp³-hybridized carbons (Fsp3) is 0.368. The van der Waals surface area contributed by atoms with Gasteiger partial charge in [-0.3, -0.25) is 4.72 Å². The third-order valence-electron chi connectivity index (χ3n) is 4.64. The van der Waals surface area contributed by atoms with Crippen molar-refractivity contribution in [2.75, 3.05) is 24.9 Å². The molecule has 164 valence electrons. The minimum atomic E-state index is -4.65. The second-order valence-electron chi connectivity index (χ2n) is 7.14. The van der Waals surface area contributed by atoms with Crippen molar-refractivity contribution in [2.45, 2.75) is 30.5 Å². The molecule has 11 heteroatoms. The number of hydrogen-bond donors (Lipinski definition) is 1. The van der Waals surface area contributed by atoms with Gasteiger partial charge in [-0.15, -0.1) is 0 Å². The first-order chi connectivity index (χ1) is 13.9. The molecule has 0 radical (unpaired) electrons. The Morgan fingerprint density at radius 1 is 1.20 bits per heavy atom. The quantitative estimate of drug-likeness (QED) is 0.635. The van der Waals surface area contributed by atoms with Crippen LogP contribution in [0.1, 0.15) is 17.5 Å². The average molecular weight is 483 g/mol. The average Bonchev–Trinajstić information content (AvgIpc) is 2.97. The number of nitrogens with zero attached hydrogens (tertiary/aromatic N) is 1. The molecular formula is C19H19Cl2F3N2O3S. The van der Waals surface area contributed by atoms with Crippen molar-refractivity contribution in [3.8, 4) is 5.75 Å². The van der Waals surface area contributed by atoms with Gasteiger partial charge < -0.3 is 9.64 Å². The van der Waals surface area contributed by atoms with Crippen LogP contribution in [0.5, 0.6) is 5.75 Å². The Morgan fingerprint density at radius 3 is 2.47 bits per heavy atom. The number of halogens is 5. The lowest BCUT2D eigenvalue weighted by Gasteiger charge is -2.20. The number of ether oxygens (including phenoxy) is 1. The molecule has 0 spiro atoms. The van der Waals surface area contributed by atoms with Gasteiger partial charge in [0.25, 0.3) is 10.0 Å². The van der Waals surface area contributed by atoms with Crippen LogP contribution < -0.4 is 9.46 Å². The number of hydrogen-bond acceptors (Lipinski definition) is 4. The first-order valence-electron chi connectivity index (χ1n) is 8.92. The molecule has 1 heterocycles. The van der Waals surface area contributed by atoms with E-state index in [0.29, 0.717) is 25.1 Å². The van der Waals surface area contributed by atoms with Gasteiger partial charge in [-0.25, -0.2) is 8.42 Å². The van der Waals surface area contributed by atoms with E-state index >= 15 is 0 Å². The van der Waals surface area contributed by atoms with E-state index in [1.807, 2.05) is 11.9 Å². The SMILES string of the molecule is Cc1cc(Cl)cc(Cl)c1S(=O)(=O)Nc1ccc(C(F)(F)F)c(O[C@@H]2CCN(C)C2)c1. The molecule has 1 aliphatic rings. The summed E-state index contributed by atoms with van der Waals surface area (Å²) >= 11 is 11.9. The number of alkyl halides is 3. The minimum absolute atomic E-state index is 0.0743. The first-order valence-corrected chi connectivity index (χ1v) is 11.2. The van der Waals surface area contributed by atoms with Crippen molar-refractivity contribution >= 4 is 38.9 Å². The van der Waals surface area contributed by atoms with Crippen LogP contribution in [0.25, 0.3) is 0 Å². The highest BCUT2D eigenvalue weighted by atomic mass is 35.5. The second kappa shape index (κ2) is 8.45. The molecule has 0 saturated carbocycles. The molecular weight excluding hydrogens is 464 g/mol. The van der Waals surface area contributed by atoms with Gasteiger partial charge in [-0.2, -0.15) is 13.2 Å². The van der Waals surface area contributed by atoms with Crippen molar-refractivity contribution in [3.63, 3.8) is 0 Å². The first kappa shape index (κ1) is 23.0. The third-order valence-corrected chi connectivity index (χ3v) is 6.86. The lowest BCUT2D eigenvalue weighted by molar-refractivity contribution is -0.139. The highest BCUT2D eigenvalue weighted by Crippen LogP contribution is 2.39. The standard InChI is InChI=1S/C19H19Cl2F3N2O3S/c1-11-7-12(20)8-16(21)18(11)30(27,28)25-13-3-4-15(19(22,23)24)17(9-13)29-14-5-6-26(2)10-14/h3-4,7-9,14,25H,5-6,10H2,1-2H3/t14-/m1/s1. The summed E-state index contributed by atoms with van der Waals surface area (Å²) in [5.41, 5.74) is -0.743. The van der Waals surface area contributed by atoms with Crippen LogP contribution in [0, 0.1) is 6.92 Å².